The van der Waals surface area contributed by atoms with E-state index in [4.69, 9.17) is 5.73 Å². The fourth-order valence-corrected chi connectivity index (χ4v) is 3.64. The molecule has 108 valence electrons. The largest absolute Gasteiger partial charge is 0.398 e. The van der Waals surface area contributed by atoms with Crippen LogP contribution in [0, 0.1) is 0 Å². The number of hydrogen-bond donors (Lipinski definition) is 1. The summed E-state index contributed by atoms with van der Waals surface area (Å²) in [5, 5.41) is 9.93. The number of nitrogens with two attached hydrogens (primary N) is 1. The summed E-state index contributed by atoms with van der Waals surface area (Å²) in [7, 11) is 0. The van der Waals surface area contributed by atoms with Gasteiger partial charge in [0.2, 0.25) is 0 Å². The van der Waals surface area contributed by atoms with Crippen LogP contribution in [0.4, 0.5) is 5.69 Å². The predicted octanol–water partition coefficient (Wildman–Crippen LogP) is 5.88. The Hall–Kier alpha value is -3.06. The van der Waals surface area contributed by atoms with Crippen LogP contribution in [-0.4, -0.2) is 0 Å². The van der Waals surface area contributed by atoms with Crippen LogP contribution in [0.1, 0.15) is 0 Å². The molecule has 23 heavy (non-hydrogen) atoms. The Labute approximate surface area is 133 Å². The van der Waals surface area contributed by atoms with Crippen LogP contribution >= 0.6 is 0 Å². The molecule has 0 aromatic heterocycles. The summed E-state index contributed by atoms with van der Waals surface area (Å²) in [5.41, 5.74) is 7.10. The molecule has 1 nitrogen and oxygen atoms in total. The topological polar surface area (TPSA) is 26.0 Å². The zero-order valence-corrected chi connectivity index (χ0v) is 12.6. The maximum absolute atomic E-state index is 6.26. The zero-order valence-electron chi connectivity index (χ0n) is 12.6. The molecule has 0 amide bonds. The molecule has 1 heteroatoms. The molecule has 0 heterocycles. The average molecular weight is 293 g/mol. The smallest absolute Gasteiger partial charge is 0.0400 e. The van der Waals surface area contributed by atoms with Crippen LogP contribution in [0.25, 0.3) is 43.1 Å². The molecule has 0 bridgehead atoms. The molecular formula is C22H15N. The second-order valence-corrected chi connectivity index (χ2v) is 6.09. The van der Waals surface area contributed by atoms with E-state index in [0.717, 1.165) is 11.1 Å². The highest BCUT2D eigenvalue weighted by Crippen LogP contribution is 2.35. The molecule has 0 fully saturated rings. The van der Waals surface area contributed by atoms with Crippen LogP contribution in [0.3, 0.4) is 0 Å². The molecule has 0 aliphatic carbocycles. The highest BCUT2D eigenvalue weighted by molar-refractivity contribution is 6.19. The number of fused-ring (bicyclic) bond motifs is 6. The Morgan fingerprint density at radius 3 is 2.04 bits per heavy atom. The summed E-state index contributed by atoms with van der Waals surface area (Å²) < 4.78 is 0. The SMILES string of the molecule is Nc1cccc2ccc3cc4c(ccc5ccccc54)cc3c12. The second kappa shape index (κ2) is 4.47. The summed E-state index contributed by atoms with van der Waals surface area (Å²) in [6.07, 6.45) is 0. The standard InChI is InChI=1S/C22H15N/c23-21-7-3-5-15-9-11-17-12-19-16(13-20(17)22(15)21)10-8-14-4-1-2-6-18(14)19/h1-13H,23H2. The van der Waals surface area contributed by atoms with Crippen molar-refractivity contribution >= 4 is 48.8 Å². The Bertz CT molecular complexity index is 1220. The summed E-state index contributed by atoms with van der Waals surface area (Å²) >= 11 is 0. The molecule has 5 aromatic carbocycles. The first-order valence-electron chi connectivity index (χ1n) is 7.84. The Morgan fingerprint density at radius 2 is 1.13 bits per heavy atom. The van der Waals surface area contributed by atoms with Crippen molar-refractivity contribution < 1.29 is 0 Å². The van der Waals surface area contributed by atoms with E-state index < -0.39 is 0 Å². The van der Waals surface area contributed by atoms with Crippen molar-refractivity contribution in [1.82, 2.24) is 0 Å². The van der Waals surface area contributed by atoms with Gasteiger partial charge < -0.3 is 5.73 Å². The number of anilines is 1. The van der Waals surface area contributed by atoms with Crippen LogP contribution in [-0.2, 0) is 0 Å². The summed E-state index contributed by atoms with van der Waals surface area (Å²) in [5.74, 6) is 0. The van der Waals surface area contributed by atoms with E-state index >= 15 is 0 Å². The van der Waals surface area contributed by atoms with E-state index in [1.807, 2.05) is 12.1 Å². The lowest BCUT2D eigenvalue weighted by Gasteiger charge is -2.10. The first-order chi connectivity index (χ1) is 11.3. The second-order valence-electron chi connectivity index (χ2n) is 6.09. The number of hydrogen-bond acceptors (Lipinski definition) is 1. The van der Waals surface area contributed by atoms with Gasteiger partial charge in [-0.15, -0.1) is 0 Å². The molecule has 0 aliphatic rings. The van der Waals surface area contributed by atoms with Gasteiger partial charge in [-0.3, -0.25) is 0 Å². The van der Waals surface area contributed by atoms with Crippen molar-refractivity contribution in [3.05, 3.63) is 78.9 Å². The van der Waals surface area contributed by atoms with Gasteiger partial charge in [-0.1, -0.05) is 60.7 Å². The molecule has 0 aliphatic heterocycles. The van der Waals surface area contributed by atoms with Crippen LogP contribution in [0.15, 0.2) is 78.9 Å². The van der Waals surface area contributed by atoms with Crippen molar-refractivity contribution in [2.24, 2.45) is 0 Å². The molecule has 0 atom stereocenters. The van der Waals surface area contributed by atoms with Crippen molar-refractivity contribution in [2.45, 2.75) is 0 Å². The van der Waals surface area contributed by atoms with Gasteiger partial charge in [0.05, 0.1) is 0 Å². The van der Waals surface area contributed by atoms with Gasteiger partial charge in [0, 0.05) is 11.1 Å². The van der Waals surface area contributed by atoms with E-state index in [2.05, 4.69) is 66.7 Å². The van der Waals surface area contributed by atoms with Gasteiger partial charge in [-0.25, -0.2) is 0 Å². The molecule has 0 unspecified atom stereocenters. The van der Waals surface area contributed by atoms with Gasteiger partial charge in [0.1, 0.15) is 0 Å². The lowest BCUT2D eigenvalue weighted by molar-refractivity contribution is 1.76. The van der Waals surface area contributed by atoms with E-state index in [9.17, 15) is 0 Å². The molecule has 0 spiro atoms. The predicted molar refractivity (Wildman–Crippen MR) is 101 cm³/mol. The van der Waals surface area contributed by atoms with Crippen molar-refractivity contribution in [2.75, 3.05) is 5.73 Å². The van der Waals surface area contributed by atoms with Crippen molar-refractivity contribution in [1.29, 1.82) is 0 Å². The Kier molecular flexibility index (Phi) is 2.42. The fourth-order valence-electron chi connectivity index (χ4n) is 3.64. The van der Waals surface area contributed by atoms with Gasteiger partial charge >= 0.3 is 0 Å². The minimum absolute atomic E-state index is 0.841. The number of benzene rings is 5. The lowest BCUT2D eigenvalue weighted by Crippen LogP contribution is -1.88. The van der Waals surface area contributed by atoms with E-state index in [-0.39, 0.29) is 0 Å². The Morgan fingerprint density at radius 1 is 0.478 bits per heavy atom. The molecular weight excluding hydrogens is 278 g/mol. The third-order valence-corrected chi connectivity index (χ3v) is 4.76. The van der Waals surface area contributed by atoms with Gasteiger partial charge in [-0.2, -0.15) is 0 Å². The van der Waals surface area contributed by atoms with Crippen molar-refractivity contribution in [3.63, 3.8) is 0 Å². The summed E-state index contributed by atoms with van der Waals surface area (Å²) in [4.78, 5) is 0. The number of nitrogen functional groups attached to an aromatic ring is 1. The van der Waals surface area contributed by atoms with Gasteiger partial charge in [0.25, 0.3) is 0 Å². The molecule has 0 radical (unpaired) electrons. The highest BCUT2D eigenvalue weighted by Gasteiger charge is 2.07. The minimum Gasteiger partial charge on any atom is -0.398 e. The summed E-state index contributed by atoms with van der Waals surface area (Å²) in [6.45, 7) is 0. The Balaban J connectivity index is 2.03. The van der Waals surface area contributed by atoms with Gasteiger partial charge in [-0.05, 0) is 55.9 Å². The monoisotopic (exact) mass is 293 g/mol. The first kappa shape index (κ1) is 12.5. The fraction of sp³-hybridized carbons (Fsp3) is 0. The lowest BCUT2D eigenvalue weighted by atomic mass is 9.95. The van der Waals surface area contributed by atoms with Crippen molar-refractivity contribution in [3.8, 4) is 0 Å². The third kappa shape index (κ3) is 1.74. The summed E-state index contributed by atoms with van der Waals surface area (Å²) in [6, 6.07) is 28.0. The van der Waals surface area contributed by atoms with Crippen LogP contribution in [0.5, 0.6) is 0 Å². The molecule has 5 aromatic rings. The first-order valence-corrected chi connectivity index (χ1v) is 7.84. The maximum atomic E-state index is 6.26. The number of rotatable bonds is 0. The average Bonchev–Trinajstić information content (AvgIpc) is 2.60. The van der Waals surface area contributed by atoms with E-state index in [1.54, 1.807) is 0 Å². The zero-order chi connectivity index (χ0) is 15.4. The minimum atomic E-state index is 0.841. The molecule has 0 saturated heterocycles. The molecule has 5 rings (SSSR count). The van der Waals surface area contributed by atoms with Gasteiger partial charge in [0.15, 0.2) is 0 Å². The quantitative estimate of drug-likeness (QED) is 0.215. The molecule has 0 saturated carbocycles. The highest BCUT2D eigenvalue weighted by atomic mass is 14.5. The normalized spacial score (nSPS) is 11.7. The van der Waals surface area contributed by atoms with E-state index in [1.165, 1.54) is 37.7 Å². The van der Waals surface area contributed by atoms with Crippen LogP contribution < -0.4 is 5.73 Å². The third-order valence-electron chi connectivity index (χ3n) is 4.76. The molecule has 2 N–H and O–H groups in total. The van der Waals surface area contributed by atoms with E-state index in [0.29, 0.717) is 0 Å². The van der Waals surface area contributed by atoms with Crippen LogP contribution in [0.2, 0.25) is 0 Å². The maximum Gasteiger partial charge on any atom is 0.0400 e.